The number of H-pyrrole nitrogens is 1. The third-order valence-corrected chi connectivity index (χ3v) is 7.56. The van der Waals surface area contributed by atoms with Gasteiger partial charge in [-0.15, -0.1) is 12.4 Å². The average Bonchev–Trinajstić information content (AvgIpc) is 3.39. The van der Waals surface area contributed by atoms with Crippen LogP contribution in [0.25, 0.3) is 21.7 Å². The third kappa shape index (κ3) is 7.81. The van der Waals surface area contributed by atoms with E-state index in [1.165, 1.54) is 0 Å². The van der Waals surface area contributed by atoms with Crippen molar-refractivity contribution in [3.8, 4) is 0 Å². The van der Waals surface area contributed by atoms with Gasteiger partial charge in [0.05, 0.1) is 11.3 Å². The summed E-state index contributed by atoms with van der Waals surface area (Å²) in [6, 6.07) is 25.3. The molecular formula is C33H33BrClN5O3. The van der Waals surface area contributed by atoms with Gasteiger partial charge in [-0.1, -0.05) is 64.5 Å². The van der Waals surface area contributed by atoms with Crippen LogP contribution < -0.4 is 16.0 Å². The predicted octanol–water partition coefficient (Wildman–Crippen LogP) is 5.78. The summed E-state index contributed by atoms with van der Waals surface area (Å²) in [7, 11) is 3.86. The molecule has 0 aliphatic heterocycles. The number of hydrogen-bond acceptors (Lipinski definition) is 4. The third-order valence-electron chi connectivity index (χ3n) is 7.07. The Hall–Kier alpha value is -4.18. The van der Waals surface area contributed by atoms with Crippen molar-refractivity contribution in [3.05, 3.63) is 112 Å². The molecule has 0 bridgehead atoms. The Morgan fingerprint density at radius 2 is 1.63 bits per heavy atom. The number of amides is 3. The molecule has 0 saturated heterocycles. The molecule has 4 N–H and O–H groups in total. The van der Waals surface area contributed by atoms with Crippen LogP contribution >= 0.6 is 28.3 Å². The second-order valence-corrected chi connectivity index (χ2v) is 11.3. The van der Waals surface area contributed by atoms with Crippen LogP contribution in [0.1, 0.15) is 26.3 Å². The van der Waals surface area contributed by atoms with Gasteiger partial charge in [0.15, 0.2) is 0 Å². The van der Waals surface area contributed by atoms with Gasteiger partial charge in [-0.2, -0.15) is 0 Å². The first kappa shape index (κ1) is 31.7. The van der Waals surface area contributed by atoms with Crippen molar-refractivity contribution in [2.45, 2.75) is 12.5 Å². The largest absolute Gasteiger partial charge is 0.361 e. The summed E-state index contributed by atoms with van der Waals surface area (Å²) in [5.74, 6) is -1.10. The van der Waals surface area contributed by atoms with Gasteiger partial charge in [0.25, 0.3) is 11.8 Å². The van der Waals surface area contributed by atoms with Crippen molar-refractivity contribution < 1.29 is 14.4 Å². The van der Waals surface area contributed by atoms with Crippen molar-refractivity contribution in [2.24, 2.45) is 0 Å². The molecular weight excluding hydrogens is 630 g/mol. The van der Waals surface area contributed by atoms with E-state index in [0.29, 0.717) is 28.8 Å². The standard InChI is InChI=1S/C33H32BrN5O3.ClH/c1-39(2)16-15-35-33(42)30(18-24-20-36-28-10-6-5-9-26(24)28)38-32(41)27-19-25(34)13-14-29(27)37-31(40)23-12-11-21-7-3-4-8-22(21)17-23;/h3-14,17,19-20,30,36H,15-16,18H2,1-2H3,(H,35,42)(H,37,40)(H,38,41);1H. The smallest absolute Gasteiger partial charge is 0.255 e. The number of benzene rings is 4. The maximum absolute atomic E-state index is 13.7. The predicted molar refractivity (Wildman–Crippen MR) is 178 cm³/mol. The number of fused-ring (bicyclic) bond motifs is 2. The average molecular weight is 663 g/mol. The van der Waals surface area contributed by atoms with Gasteiger partial charge >= 0.3 is 0 Å². The molecule has 8 nitrogen and oxygen atoms in total. The summed E-state index contributed by atoms with van der Waals surface area (Å²) >= 11 is 3.44. The van der Waals surface area contributed by atoms with E-state index in [9.17, 15) is 14.4 Å². The minimum Gasteiger partial charge on any atom is -0.361 e. The molecule has 3 amide bonds. The van der Waals surface area contributed by atoms with Gasteiger partial charge in [-0.3, -0.25) is 14.4 Å². The number of halogens is 2. The topological polar surface area (TPSA) is 106 Å². The SMILES string of the molecule is CN(C)CCNC(=O)C(Cc1c[nH]c2ccccc12)NC(=O)c1cc(Br)ccc1NC(=O)c1ccc2ccccc2c1.Cl. The van der Waals surface area contributed by atoms with Gasteiger partial charge in [-0.05, 0) is 66.8 Å². The van der Waals surface area contributed by atoms with Gasteiger partial charge in [0, 0.05) is 46.6 Å². The minimum absolute atomic E-state index is 0. The van der Waals surface area contributed by atoms with E-state index < -0.39 is 11.9 Å². The van der Waals surface area contributed by atoms with Crippen molar-refractivity contribution >= 4 is 73.4 Å². The highest BCUT2D eigenvalue weighted by Crippen LogP contribution is 2.24. The van der Waals surface area contributed by atoms with Crippen molar-refractivity contribution in [1.82, 2.24) is 20.5 Å². The van der Waals surface area contributed by atoms with Crippen LogP contribution in [0, 0.1) is 0 Å². The van der Waals surface area contributed by atoms with Crippen LogP contribution in [-0.2, 0) is 11.2 Å². The van der Waals surface area contributed by atoms with E-state index in [1.807, 2.05) is 85.9 Å². The summed E-state index contributed by atoms with van der Waals surface area (Å²) in [6.07, 6.45) is 2.15. The second kappa shape index (κ2) is 14.3. The number of hydrogen-bond donors (Lipinski definition) is 4. The summed E-state index contributed by atoms with van der Waals surface area (Å²) in [6.45, 7) is 1.10. The number of nitrogens with one attached hydrogen (secondary N) is 4. The van der Waals surface area contributed by atoms with Crippen LogP contribution in [0.15, 0.2) is 95.6 Å². The molecule has 1 heterocycles. The fraction of sp³-hybridized carbons (Fsp3) is 0.182. The highest BCUT2D eigenvalue weighted by atomic mass is 79.9. The Labute approximate surface area is 264 Å². The number of likely N-dealkylation sites (N-methyl/N-ethyl adjacent to an activating group) is 1. The number of nitrogens with zero attached hydrogens (tertiary/aromatic N) is 1. The highest BCUT2D eigenvalue weighted by molar-refractivity contribution is 9.10. The van der Waals surface area contributed by atoms with Gasteiger partial charge in [-0.25, -0.2) is 0 Å². The first-order valence-corrected chi connectivity index (χ1v) is 14.5. The quantitative estimate of drug-likeness (QED) is 0.152. The van der Waals surface area contributed by atoms with E-state index in [-0.39, 0.29) is 36.2 Å². The number of carbonyl (C=O) groups is 3. The summed E-state index contributed by atoms with van der Waals surface area (Å²) in [4.78, 5) is 45.5. The van der Waals surface area contributed by atoms with E-state index in [4.69, 9.17) is 0 Å². The number of para-hydroxylation sites is 1. The molecule has 0 aliphatic rings. The Morgan fingerprint density at radius 3 is 2.42 bits per heavy atom. The summed E-state index contributed by atoms with van der Waals surface area (Å²) in [5.41, 5.74) is 2.92. The Kier molecular flexibility index (Phi) is 10.6. The number of carbonyl (C=O) groups excluding carboxylic acids is 3. The van der Waals surface area contributed by atoms with Gasteiger partial charge in [0.2, 0.25) is 5.91 Å². The van der Waals surface area contributed by atoms with E-state index in [1.54, 1.807) is 24.3 Å². The fourth-order valence-corrected chi connectivity index (χ4v) is 5.19. The van der Waals surface area contributed by atoms with Crippen LogP contribution in [0.4, 0.5) is 5.69 Å². The maximum atomic E-state index is 13.7. The number of anilines is 1. The highest BCUT2D eigenvalue weighted by Gasteiger charge is 2.25. The van der Waals surface area contributed by atoms with Crippen LogP contribution in [0.3, 0.4) is 0 Å². The molecule has 0 saturated carbocycles. The fourth-order valence-electron chi connectivity index (χ4n) is 4.83. The molecule has 43 heavy (non-hydrogen) atoms. The monoisotopic (exact) mass is 661 g/mol. The van der Waals surface area contributed by atoms with E-state index >= 15 is 0 Å². The molecule has 1 unspecified atom stereocenters. The number of aromatic amines is 1. The normalized spacial score (nSPS) is 11.6. The van der Waals surface area contributed by atoms with Crippen molar-refractivity contribution in [2.75, 3.05) is 32.5 Å². The number of aromatic nitrogens is 1. The Balaban J connectivity index is 0.00000423. The summed E-state index contributed by atoms with van der Waals surface area (Å²) in [5, 5.41) is 11.7. The molecule has 0 spiro atoms. The van der Waals surface area contributed by atoms with E-state index in [0.717, 1.165) is 27.2 Å². The lowest BCUT2D eigenvalue weighted by Gasteiger charge is -2.20. The summed E-state index contributed by atoms with van der Waals surface area (Å²) < 4.78 is 0.667. The molecule has 0 aliphatic carbocycles. The van der Waals surface area contributed by atoms with Gasteiger partial charge < -0.3 is 25.8 Å². The lowest BCUT2D eigenvalue weighted by molar-refractivity contribution is -0.123. The van der Waals surface area contributed by atoms with Crippen LogP contribution in [0.2, 0.25) is 0 Å². The maximum Gasteiger partial charge on any atom is 0.255 e. The van der Waals surface area contributed by atoms with Crippen molar-refractivity contribution in [1.29, 1.82) is 0 Å². The molecule has 10 heteroatoms. The van der Waals surface area contributed by atoms with Crippen molar-refractivity contribution in [3.63, 3.8) is 0 Å². The molecule has 222 valence electrons. The van der Waals surface area contributed by atoms with Gasteiger partial charge in [0.1, 0.15) is 6.04 Å². The molecule has 5 aromatic rings. The molecule has 5 rings (SSSR count). The Bertz CT molecular complexity index is 1770. The Morgan fingerprint density at radius 1 is 0.884 bits per heavy atom. The zero-order valence-electron chi connectivity index (χ0n) is 23.8. The molecule has 0 radical (unpaired) electrons. The molecule has 0 fully saturated rings. The van der Waals surface area contributed by atoms with Crippen LogP contribution in [0.5, 0.6) is 0 Å². The molecule has 1 aromatic heterocycles. The zero-order valence-corrected chi connectivity index (χ0v) is 26.2. The zero-order chi connectivity index (χ0) is 29.6. The lowest BCUT2D eigenvalue weighted by Crippen LogP contribution is -2.49. The van der Waals surface area contributed by atoms with E-state index in [2.05, 4.69) is 36.9 Å². The second-order valence-electron chi connectivity index (χ2n) is 10.4. The first-order valence-electron chi connectivity index (χ1n) is 13.7. The molecule has 1 atom stereocenters. The molecule has 4 aromatic carbocycles. The van der Waals surface area contributed by atoms with Crippen LogP contribution in [-0.4, -0.2) is 60.8 Å². The lowest BCUT2D eigenvalue weighted by atomic mass is 10.0. The first-order chi connectivity index (χ1) is 20.3. The number of rotatable bonds is 10. The minimum atomic E-state index is -0.845.